The zero-order chi connectivity index (χ0) is 23.6. The maximum absolute atomic E-state index is 15.0. The Bertz CT molecular complexity index is 1110. The second kappa shape index (κ2) is 8.96. The summed E-state index contributed by atoms with van der Waals surface area (Å²) in [5.41, 5.74) is 9.15. The third-order valence-electron chi connectivity index (χ3n) is 5.02. The first-order chi connectivity index (χ1) is 15.0. The number of carbonyl (C=O) groups excluding carboxylic acids is 2. The molecule has 32 heavy (non-hydrogen) atoms. The van der Waals surface area contributed by atoms with Crippen LogP contribution in [0, 0.1) is 11.6 Å². The molecule has 0 aliphatic carbocycles. The Labute approximate surface area is 184 Å². The fourth-order valence-electron chi connectivity index (χ4n) is 3.58. The molecule has 1 aliphatic heterocycles. The van der Waals surface area contributed by atoms with Gasteiger partial charge in [0.15, 0.2) is 17.0 Å². The first-order valence-electron chi connectivity index (χ1n) is 9.22. The monoisotopic (exact) mass is 466 g/mol. The smallest absolute Gasteiger partial charge is 0.274 e. The molecule has 2 amide bonds. The van der Waals surface area contributed by atoms with Gasteiger partial charge < -0.3 is 26.2 Å². The minimum absolute atomic E-state index is 0.0887. The van der Waals surface area contributed by atoms with Gasteiger partial charge in [-0.2, -0.15) is 0 Å². The van der Waals surface area contributed by atoms with Gasteiger partial charge in [0.05, 0.1) is 12.7 Å². The summed E-state index contributed by atoms with van der Waals surface area (Å²) in [6, 6.07) is 5.73. The number of hydrogen-bond acceptors (Lipinski definition) is 5. The highest BCUT2D eigenvalue weighted by molar-refractivity contribution is 7.80. The van der Waals surface area contributed by atoms with E-state index in [1.165, 1.54) is 30.0 Å². The van der Waals surface area contributed by atoms with E-state index in [0.29, 0.717) is 0 Å². The maximum Gasteiger partial charge on any atom is 0.274 e. The van der Waals surface area contributed by atoms with E-state index in [1.807, 2.05) is 0 Å². The van der Waals surface area contributed by atoms with Crippen LogP contribution in [0.1, 0.15) is 23.0 Å². The van der Waals surface area contributed by atoms with Crippen molar-refractivity contribution in [3.63, 3.8) is 0 Å². The number of amides is 2. The summed E-state index contributed by atoms with van der Waals surface area (Å²) >= 11 is -2.53. The van der Waals surface area contributed by atoms with Crippen molar-refractivity contribution in [2.45, 2.75) is 17.7 Å². The van der Waals surface area contributed by atoms with Gasteiger partial charge in [0.2, 0.25) is 5.91 Å². The van der Waals surface area contributed by atoms with Crippen molar-refractivity contribution in [1.29, 1.82) is 0 Å². The number of pyridine rings is 1. The van der Waals surface area contributed by atoms with E-state index in [2.05, 4.69) is 15.3 Å². The molecular weight excluding hydrogens is 446 g/mol. The summed E-state index contributed by atoms with van der Waals surface area (Å²) in [7, 11) is 0. The summed E-state index contributed by atoms with van der Waals surface area (Å²) < 4.78 is 50.0. The van der Waals surface area contributed by atoms with E-state index < -0.39 is 51.3 Å². The zero-order valence-corrected chi connectivity index (χ0v) is 17.6. The SMILES string of the molecule is CC(=O)N1CC(S(=O)O)C(N=C(N)N)(c2cc(NC(=O)c3ccc(F)cn3)ccc2F)C1. The van der Waals surface area contributed by atoms with Gasteiger partial charge in [-0.3, -0.25) is 9.59 Å². The van der Waals surface area contributed by atoms with Gasteiger partial charge in [-0.05, 0) is 30.3 Å². The molecule has 0 radical (unpaired) electrons. The van der Waals surface area contributed by atoms with Crippen molar-refractivity contribution in [2.75, 3.05) is 18.4 Å². The fraction of sp³-hybridized carbons (Fsp3) is 0.263. The molecule has 2 aromatic rings. The number of benzene rings is 1. The second-order valence-corrected chi connectivity index (χ2v) is 8.26. The van der Waals surface area contributed by atoms with Crippen molar-refractivity contribution < 1.29 is 27.1 Å². The Kier molecular flexibility index (Phi) is 6.50. The number of anilines is 1. The van der Waals surface area contributed by atoms with E-state index in [-0.39, 0.29) is 30.0 Å². The number of aliphatic imine (C=N–C) groups is 1. The molecule has 0 spiro atoms. The third-order valence-corrected chi connectivity index (χ3v) is 6.04. The van der Waals surface area contributed by atoms with Gasteiger partial charge in [0, 0.05) is 24.7 Å². The Balaban J connectivity index is 2.07. The van der Waals surface area contributed by atoms with Gasteiger partial charge >= 0.3 is 0 Å². The number of carbonyl (C=O) groups is 2. The number of halogens is 2. The van der Waals surface area contributed by atoms with Crippen LogP contribution in [0.25, 0.3) is 0 Å². The molecule has 10 nitrogen and oxygen atoms in total. The molecule has 6 N–H and O–H groups in total. The lowest BCUT2D eigenvalue weighted by Gasteiger charge is -2.30. The average Bonchev–Trinajstić information content (AvgIpc) is 3.10. The Morgan fingerprint density at radius 3 is 2.59 bits per heavy atom. The number of likely N-dealkylation sites (tertiary alicyclic amines) is 1. The summed E-state index contributed by atoms with van der Waals surface area (Å²) in [5, 5.41) is 1.25. The van der Waals surface area contributed by atoms with Crippen LogP contribution in [0.4, 0.5) is 14.5 Å². The van der Waals surface area contributed by atoms with Crippen molar-refractivity contribution in [2.24, 2.45) is 16.5 Å². The first-order valence-corrected chi connectivity index (χ1v) is 10.4. The van der Waals surface area contributed by atoms with Crippen molar-refractivity contribution in [3.05, 3.63) is 59.4 Å². The van der Waals surface area contributed by atoms with Gasteiger partial charge in [-0.1, -0.05) is 0 Å². The van der Waals surface area contributed by atoms with Crippen LogP contribution in [0.3, 0.4) is 0 Å². The lowest BCUT2D eigenvalue weighted by atomic mass is 9.88. The van der Waals surface area contributed by atoms with Crippen LogP contribution < -0.4 is 16.8 Å². The van der Waals surface area contributed by atoms with Crippen LogP contribution in [-0.2, 0) is 21.4 Å². The Morgan fingerprint density at radius 1 is 1.31 bits per heavy atom. The Hall–Kier alpha value is -3.45. The number of nitrogens with zero attached hydrogens (tertiary/aromatic N) is 3. The van der Waals surface area contributed by atoms with Crippen LogP contribution >= 0.6 is 0 Å². The number of guanidine groups is 1. The highest BCUT2D eigenvalue weighted by Crippen LogP contribution is 2.41. The van der Waals surface area contributed by atoms with Crippen LogP contribution in [0.15, 0.2) is 41.5 Å². The van der Waals surface area contributed by atoms with Gasteiger partial charge in [0.25, 0.3) is 5.91 Å². The molecule has 1 saturated heterocycles. The first kappa shape index (κ1) is 23.2. The molecule has 3 rings (SSSR count). The van der Waals surface area contributed by atoms with Crippen molar-refractivity contribution >= 4 is 34.5 Å². The summed E-state index contributed by atoms with van der Waals surface area (Å²) in [6.45, 7) is 0.807. The quantitative estimate of drug-likeness (QED) is 0.284. The minimum atomic E-state index is -2.53. The van der Waals surface area contributed by atoms with Crippen molar-refractivity contribution in [1.82, 2.24) is 9.88 Å². The van der Waals surface area contributed by atoms with E-state index >= 15 is 0 Å². The molecule has 13 heteroatoms. The number of rotatable bonds is 5. The van der Waals surface area contributed by atoms with Crippen molar-refractivity contribution in [3.8, 4) is 0 Å². The topological polar surface area (TPSA) is 164 Å². The van der Waals surface area contributed by atoms with Crippen LogP contribution in [0.5, 0.6) is 0 Å². The number of hydrogen-bond donors (Lipinski definition) is 4. The molecule has 1 aromatic heterocycles. The van der Waals surface area contributed by atoms with Gasteiger partial charge in [0.1, 0.15) is 28.1 Å². The summed E-state index contributed by atoms with van der Waals surface area (Å²) in [4.78, 5) is 33.4. The zero-order valence-electron chi connectivity index (χ0n) is 16.8. The fourth-order valence-corrected chi connectivity index (χ4v) is 4.47. The number of nitrogens with two attached hydrogens (primary N) is 2. The van der Waals surface area contributed by atoms with Gasteiger partial charge in [-0.15, -0.1) is 0 Å². The molecule has 3 atom stereocenters. The van der Waals surface area contributed by atoms with Crippen LogP contribution in [-0.4, -0.2) is 54.8 Å². The number of aromatic nitrogens is 1. The normalized spacial score (nSPS) is 21.1. The highest BCUT2D eigenvalue weighted by Gasteiger charge is 2.53. The summed E-state index contributed by atoms with van der Waals surface area (Å²) in [6.07, 6.45) is 0.870. The molecule has 1 aromatic carbocycles. The largest absolute Gasteiger partial charge is 0.370 e. The molecule has 1 fully saturated rings. The standard InChI is InChI=1S/C19H20F2N6O4S/c1-10(28)27-8-16(32(30)31)19(9-27,26-18(22)23)13-6-12(3-4-14(13)21)25-17(29)15-5-2-11(20)7-24-15/h2-7,16H,8-9H2,1H3,(H,25,29)(H,30,31)(H4,22,23,26). The predicted octanol–water partition coefficient (Wildman–Crippen LogP) is 0.533. The van der Waals surface area contributed by atoms with Gasteiger partial charge in [-0.25, -0.2) is 23.0 Å². The molecule has 2 heterocycles. The maximum atomic E-state index is 15.0. The molecule has 0 bridgehead atoms. The number of nitrogens with one attached hydrogen (secondary N) is 1. The van der Waals surface area contributed by atoms with E-state index in [1.54, 1.807) is 0 Å². The lowest BCUT2D eigenvalue weighted by Crippen LogP contribution is -2.43. The molecule has 3 unspecified atom stereocenters. The van der Waals surface area contributed by atoms with E-state index in [9.17, 15) is 27.1 Å². The molecule has 0 saturated carbocycles. The lowest BCUT2D eigenvalue weighted by molar-refractivity contribution is -0.128. The predicted molar refractivity (Wildman–Crippen MR) is 113 cm³/mol. The Morgan fingerprint density at radius 2 is 2.03 bits per heavy atom. The minimum Gasteiger partial charge on any atom is -0.370 e. The average molecular weight is 466 g/mol. The molecular formula is C19H20F2N6O4S. The third kappa shape index (κ3) is 4.57. The van der Waals surface area contributed by atoms with E-state index in [4.69, 9.17) is 11.5 Å². The van der Waals surface area contributed by atoms with E-state index in [0.717, 1.165) is 18.3 Å². The highest BCUT2D eigenvalue weighted by atomic mass is 32.2. The molecule has 170 valence electrons. The molecule has 1 aliphatic rings. The van der Waals surface area contributed by atoms with Crippen LogP contribution in [0.2, 0.25) is 0 Å². The second-order valence-electron chi connectivity index (χ2n) is 7.14. The summed E-state index contributed by atoms with van der Waals surface area (Å²) in [5.74, 6) is -3.02.